The van der Waals surface area contributed by atoms with Crippen LogP contribution in [-0.4, -0.2) is 39.9 Å². The molecule has 0 spiro atoms. The molecule has 0 saturated heterocycles. The predicted octanol–water partition coefficient (Wildman–Crippen LogP) is 1.96. The van der Waals surface area contributed by atoms with Gasteiger partial charge in [0.15, 0.2) is 11.6 Å². The van der Waals surface area contributed by atoms with Crippen LogP contribution in [0.15, 0.2) is 22.6 Å². The molecule has 2 heterocycles. The maximum Gasteiger partial charge on any atom is 0.175 e. The van der Waals surface area contributed by atoms with E-state index in [-0.39, 0.29) is 12.1 Å². The number of nitrogens with zero attached hydrogens (tertiary/aromatic N) is 8. The van der Waals surface area contributed by atoms with Gasteiger partial charge in [0.1, 0.15) is 24.7 Å². The van der Waals surface area contributed by atoms with Crippen LogP contribution in [0.3, 0.4) is 0 Å². The summed E-state index contributed by atoms with van der Waals surface area (Å²) in [5.41, 5.74) is 0. The predicted molar refractivity (Wildman–Crippen MR) is 88.9 cm³/mol. The normalized spacial score (nSPS) is 12.2. The molecule has 8 nitrogen and oxygen atoms in total. The van der Waals surface area contributed by atoms with Crippen LogP contribution in [0.4, 0.5) is 0 Å². The molecular weight excluding hydrogens is 320 g/mol. The summed E-state index contributed by atoms with van der Waals surface area (Å²) >= 11 is 8.91. The number of rotatable bonds is 4. The first-order chi connectivity index (χ1) is 10.5. The number of hydrogen-bond donors (Lipinski definition) is 0. The lowest BCUT2D eigenvalue weighted by Gasteiger charge is -1.94. The van der Waals surface area contributed by atoms with E-state index in [2.05, 4.69) is 64.9 Å². The van der Waals surface area contributed by atoms with Crippen LogP contribution in [0.25, 0.3) is 0 Å². The molecule has 0 saturated carbocycles. The number of aryl methyl sites for hydroxylation is 2. The Morgan fingerprint density at radius 2 is 1.27 bits per heavy atom. The molecule has 0 bridgehead atoms. The van der Waals surface area contributed by atoms with E-state index < -0.39 is 0 Å². The summed E-state index contributed by atoms with van der Waals surface area (Å²) in [5.74, 6) is 1.34. The van der Waals surface area contributed by atoms with Gasteiger partial charge in [-0.3, -0.25) is 9.36 Å². The van der Waals surface area contributed by atoms with Gasteiger partial charge in [-0.2, -0.15) is 10.2 Å². The molecule has 0 aliphatic rings. The maximum atomic E-state index is 4.46. The van der Waals surface area contributed by atoms with E-state index in [0.29, 0.717) is 11.6 Å². The third kappa shape index (κ3) is 5.71. The van der Waals surface area contributed by atoms with E-state index in [1.807, 2.05) is 27.9 Å². The van der Waals surface area contributed by atoms with Crippen LogP contribution < -0.4 is 0 Å². The highest BCUT2D eigenvalue weighted by atomic mass is 32.1. The van der Waals surface area contributed by atoms with Crippen molar-refractivity contribution in [1.82, 2.24) is 29.5 Å². The largest absolute Gasteiger partial charge is 0.256 e. The number of isothiocyanates is 2. The van der Waals surface area contributed by atoms with Crippen molar-refractivity contribution in [3.05, 3.63) is 24.3 Å². The smallest absolute Gasteiger partial charge is 0.175 e. The second kappa shape index (κ2) is 9.01. The number of aliphatic imine (C=N–C) groups is 2. The van der Waals surface area contributed by atoms with Gasteiger partial charge in [-0.05, 0) is 38.3 Å². The fourth-order valence-electron chi connectivity index (χ4n) is 1.37. The highest BCUT2D eigenvalue weighted by Gasteiger charge is 2.07. The molecule has 22 heavy (non-hydrogen) atoms. The van der Waals surface area contributed by atoms with E-state index in [4.69, 9.17) is 0 Å². The molecule has 2 rings (SSSR count). The molecule has 0 amide bonds. The first-order valence-electron chi connectivity index (χ1n) is 6.33. The van der Waals surface area contributed by atoms with Crippen LogP contribution >= 0.6 is 24.4 Å². The molecule has 0 aromatic carbocycles. The Hall–Kier alpha value is -2.12. The topological polar surface area (TPSA) is 86.1 Å². The zero-order valence-electron chi connectivity index (χ0n) is 12.7. The monoisotopic (exact) mass is 336 g/mol. The molecule has 0 aliphatic carbocycles. The van der Waals surface area contributed by atoms with Gasteiger partial charge in [0, 0.05) is 14.1 Å². The van der Waals surface area contributed by atoms with Crippen molar-refractivity contribution in [1.29, 1.82) is 0 Å². The minimum absolute atomic E-state index is 0.0892. The Balaban J connectivity index is 0.000000220. The van der Waals surface area contributed by atoms with E-state index in [1.165, 1.54) is 0 Å². The lowest BCUT2D eigenvalue weighted by Crippen LogP contribution is -1.94. The van der Waals surface area contributed by atoms with Crippen LogP contribution in [-0.2, 0) is 14.1 Å². The number of hydrogen-bond acceptors (Lipinski definition) is 8. The zero-order chi connectivity index (χ0) is 16.5. The molecule has 2 atom stereocenters. The van der Waals surface area contributed by atoms with E-state index >= 15 is 0 Å². The minimum Gasteiger partial charge on any atom is -0.256 e. The molecule has 10 heteroatoms. The van der Waals surface area contributed by atoms with Crippen LogP contribution in [0.1, 0.15) is 37.6 Å². The molecule has 2 aromatic rings. The van der Waals surface area contributed by atoms with Gasteiger partial charge < -0.3 is 0 Å². The van der Waals surface area contributed by atoms with Crippen LogP contribution in [0.5, 0.6) is 0 Å². The summed E-state index contributed by atoms with van der Waals surface area (Å²) in [5, 5.41) is 12.7. The summed E-state index contributed by atoms with van der Waals surface area (Å²) in [6.07, 6.45) is 3.26. The third-order valence-corrected chi connectivity index (χ3v) is 2.69. The lowest BCUT2D eigenvalue weighted by molar-refractivity contribution is 0.697. The summed E-state index contributed by atoms with van der Waals surface area (Å²) < 4.78 is 3.26. The molecular formula is C12H16N8S2. The Labute approximate surface area is 139 Å². The van der Waals surface area contributed by atoms with Crippen molar-refractivity contribution in [3.63, 3.8) is 0 Å². The highest BCUT2D eigenvalue weighted by molar-refractivity contribution is 7.78. The Morgan fingerprint density at radius 1 is 0.909 bits per heavy atom. The summed E-state index contributed by atoms with van der Waals surface area (Å²) in [7, 11) is 3.62. The van der Waals surface area contributed by atoms with E-state index in [1.54, 1.807) is 22.0 Å². The van der Waals surface area contributed by atoms with Gasteiger partial charge in [0.25, 0.3) is 0 Å². The first kappa shape index (κ1) is 17.9. The standard InChI is InChI=1S/2C6H8N4S/c2*1-5(8-4-11)6-7-3-10(2)9-6/h2*3,5H,1-2H3/t2*5-/m10/s1. The molecule has 0 unspecified atom stereocenters. The second-order valence-electron chi connectivity index (χ2n) is 4.35. The average molecular weight is 336 g/mol. The summed E-state index contributed by atoms with van der Waals surface area (Å²) in [4.78, 5) is 15.7. The van der Waals surface area contributed by atoms with Gasteiger partial charge in [0.05, 0.1) is 10.3 Å². The second-order valence-corrected chi connectivity index (χ2v) is 4.71. The molecule has 0 N–H and O–H groups in total. The molecule has 116 valence electrons. The van der Waals surface area contributed by atoms with Gasteiger partial charge in [0.2, 0.25) is 0 Å². The Kier molecular flexibility index (Phi) is 7.34. The third-order valence-electron chi connectivity index (χ3n) is 2.47. The zero-order valence-corrected chi connectivity index (χ0v) is 14.3. The summed E-state index contributed by atoms with van der Waals surface area (Å²) in [6.45, 7) is 3.74. The SMILES string of the molecule is C[C@@H](N=C=S)c1ncn(C)n1.C[C@H](N=C=S)c1ncn(C)n1. The first-order valence-corrected chi connectivity index (χ1v) is 7.14. The maximum absolute atomic E-state index is 4.46. The Morgan fingerprint density at radius 3 is 1.50 bits per heavy atom. The summed E-state index contributed by atoms with van der Waals surface area (Å²) in [6, 6.07) is -0.178. The van der Waals surface area contributed by atoms with Crippen molar-refractivity contribution >= 4 is 34.8 Å². The molecule has 0 fully saturated rings. The van der Waals surface area contributed by atoms with Crippen molar-refractivity contribution in [2.75, 3.05) is 0 Å². The lowest BCUT2D eigenvalue weighted by atomic mass is 10.3. The van der Waals surface area contributed by atoms with Crippen LogP contribution in [0.2, 0.25) is 0 Å². The molecule has 0 radical (unpaired) electrons. The van der Waals surface area contributed by atoms with Crippen molar-refractivity contribution in [2.45, 2.75) is 25.9 Å². The fraction of sp³-hybridized carbons (Fsp3) is 0.500. The van der Waals surface area contributed by atoms with Crippen molar-refractivity contribution < 1.29 is 0 Å². The van der Waals surface area contributed by atoms with Gasteiger partial charge >= 0.3 is 0 Å². The van der Waals surface area contributed by atoms with Gasteiger partial charge in [-0.25, -0.2) is 20.0 Å². The van der Waals surface area contributed by atoms with Gasteiger partial charge in [-0.15, -0.1) is 0 Å². The van der Waals surface area contributed by atoms with E-state index in [0.717, 1.165) is 0 Å². The number of aromatic nitrogens is 6. The Bertz CT molecular complexity index is 633. The average Bonchev–Trinajstić information content (AvgIpc) is 3.09. The van der Waals surface area contributed by atoms with Crippen molar-refractivity contribution in [2.24, 2.45) is 24.1 Å². The van der Waals surface area contributed by atoms with Crippen LogP contribution in [0, 0.1) is 0 Å². The van der Waals surface area contributed by atoms with Crippen molar-refractivity contribution in [3.8, 4) is 0 Å². The minimum atomic E-state index is -0.0892. The van der Waals surface area contributed by atoms with Gasteiger partial charge in [-0.1, -0.05) is 0 Å². The quantitative estimate of drug-likeness (QED) is 0.626. The van der Waals surface area contributed by atoms with E-state index in [9.17, 15) is 0 Å². The molecule has 0 aliphatic heterocycles. The molecule has 2 aromatic heterocycles. The highest BCUT2D eigenvalue weighted by Crippen LogP contribution is 2.09. The number of thiocarbonyl (C=S) groups is 2. The fourth-order valence-corrected chi connectivity index (χ4v) is 1.68.